The average molecular weight is 376 g/mol. The molecule has 7 N–H and O–H groups in total. The van der Waals surface area contributed by atoms with Gasteiger partial charge in [-0.25, -0.2) is 0 Å². The first kappa shape index (κ1) is 17.6. The average Bonchev–Trinajstić information content (AvgIpc) is 2.69. The summed E-state index contributed by atoms with van der Waals surface area (Å²) in [7, 11) is 0. The predicted molar refractivity (Wildman–Crippen MR) is 103 cm³/mol. The van der Waals surface area contributed by atoms with Crippen LogP contribution in [0.5, 0.6) is 11.5 Å². The van der Waals surface area contributed by atoms with Crippen LogP contribution in [0.2, 0.25) is 0 Å². The summed E-state index contributed by atoms with van der Waals surface area (Å²) in [4.78, 5) is 26.0. The molecule has 0 fully saturated rings. The summed E-state index contributed by atoms with van der Waals surface area (Å²) >= 11 is 0. The normalized spacial score (nSPS) is 12.6. The van der Waals surface area contributed by atoms with Gasteiger partial charge in [-0.2, -0.15) is 0 Å². The van der Waals surface area contributed by atoms with E-state index in [2.05, 4.69) is 0 Å². The van der Waals surface area contributed by atoms with E-state index in [1.165, 1.54) is 18.2 Å². The van der Waals surface area contributed by atoms with Crippen LogP contribution in [0.1, 0.15) is 37.4 Å². The SMILES string of the molecule is Nc1ccc(O)c2c1C(=O)c1c(O)cc(-c3ccc(CO)cc3)c(N)c1C2=O. The van der Waals surface area contributed by atoms with Crippen molar-refractivity contribution >= 4 is 22.9 Å². The Bertz CT molecular complexity index is 1170. The highest BCUT2D eigenvalue weighted by atomic mass is 16.3. The Balaban J connectivity index is 1.99. The van der Waals surface area contributed by atoms with Crippen molar-refractivity contribution in [2.24, 2.45) is 0 Å². The molecule has 0 heterocycles. The first-order valence-corrected chi connectivity index (χ1v) is 8.41. The molecule has 1 aliphatic rings. The number of nitrogen functional groups attached to an aromatic ring is 2. The monoisotopic (exact) mass is 376 g/mol. The molecule has 3 aromatic carbocycles. The number of carbonyl (C=O) groups is 2. The second-order valence-corrected chi connectivity index (χ2v) is 6.54. The van der Waals surface area contributed by atoms with Gasteiger partial charge in [0.05, 0.1) is 34.5 Å². The summed E-state index contributed by atoms with van der Waals surface area (Å²) in [5, 5.41) is 29.8. The molecule has 0 aromatic heterocycles. The van der Waals surface area contributed by atoms with Gasteiger partial charge in [0, 0.05) is 11.3 Å². The lowest BCUT2D eigenvalue weighted by Crippen LogP contribution is -2.24. The lowest BCUT2D eigenvalue weighted by molar-refractivity contribution is 0.0975. The van der Waals surface area contributed by atoms with Crippen LogP contribution in [0.15, 0.2) is 42.5 Å². The topological polar surface area (TPSA) is 147 Å². The number of anilines is 2. The maximum absolute atomic E-state index is 13.1. The van der Waals surface area contributed by atoms with Crippen LogP contribution < -0.4 is 11.5 Å². The number of aliphatic hydroxyl groups is 1. The van der Waals surface area contributed by atoms with E-state index in [1.807, 2.05) is 0 Å². The van der Waals surface area contributed by atoms with Gasteiger partial charge in [0.2, 0.25) is 11.6 Å². The van der Waals surface area contributed by atoms with Gasteiger partial charge in [0.15, 0.2) is 0 Å². The molecule has 0 bridgehead atoms. The summed E-state index contributed by atoms with van der Waals surface area (Å²) < 4.78 is 0. The second kappa shape index (κ2) is 6.11. The molecule has 0 spiro atoms. The van der Waals surface area contributed by atoms with Gasteiger partial charge >= 0.3 is 0 Å². The van der Waals surface area contributed by atoms with Crippen molar-refractivity contribution < 1.29 is 24.9 Å². The Morgan fingerprint density at radius 3 is 2.00 bits per heavy atom. The zero-order valence-corrected chi connectivity index (χ0v) is 14.6. The lowest BCUT2D eigenvalue weighted by Gasteiger charge is -2.23. The van der Waals surface area contributed by atoms with Crippen molar-refractivity contribution in [2.75, 3.05) is 11.5 Å². The van der Waals surface area contributed by atoms with E-state index in [0.717, 1.165) is 0 Å². The zero-order valence-electron chi connectivity index (χ0n) is 14.6. The minimum Gasteiger partial charge on any atom is -0.507 e. The predicted octanol–water partition coefficient (Wildman–Crippen LogP) is 2.20. The smallest absolute Gasteiger partial charge is 0.200 e. The number of aromatic hydroxyl groups is 2. The van der Waals surface area contributed by atoms with Crippen LogP contribution in [0.25, 0.3) is 11.1 Å². The van der Waals surface area contributed by atoms with Crippen molar-refractivity contribution in [3.05, 3.63) is 70.3 Å². The minimum absolute atomic E-state index is 0.00960. The number of benzene rings is 3. The molecular weight excluding hydrogens is 360 g/mol. The first-order chi connectivity index (χ1) is 13.3. The third-order valence-corrected chi connectivity index (χ3v) is 4.92. The van der Waals surface area contributed by atoms with E-state index in [-0.39, 0.29) is 46.0 Å². The molecule has 0 aliphatic heterocycles. The molecule has 0 saturated carbocycles. The molecule has 140 valence electrons. The number of carbonyl (C=O) groups excluding carboxylic acids is 2. The van der Waals surface area contributed by atoms with E-state index in [1.54, 1.807) is 24.3 Å². The summed E-state index contributed by atoms with van der Waals surface area (Å²) in [6.07, 6.45) is 0. The van der Waals surface area contributed by atoms with Gasteiger partial charge < -0.3 is 26.8 Å². The summed E-state index contributed by atoms with van der Waals surface area (Å²) in [5.74, 6) is -2.15. The van der Waals surface area contributed by atoms with Crippen LogP contribution in [-0.4, -0.2) is 26.9 Å². The van der Waals surface area contributed by atoms with Gasteiger partial charge in [0.25, 0.3) is 0 Å². The summed E-state index contributed by atoms with van der Waals surface area (Å²) in [6.45, 7) is -0.129. The van der Waals surface area contributed by atoms with Crippen molar-refractivity contribution in [2.45, 2.75) is 6.61 Å². The van der Waals surface area contributed by atoms with E-state index in [9.17, 15) is 24.9 Å². The Hall–Kier alpha value is -3.84. The maximum Gasteiger partial charge on any atom is 0.200 e. The van der Waals surface area contributed by atoms with Gasteiger partial charge in [0.1, 0.15) is 11.5 Å². The molecule has 7 nitrogen and oxygen atoms in total. The number of hydrogen-bond acceptors (Lipinski definition) is 7. The molecule has 0 radical (unpaired) electrons. The number of fused-ring (bicyclic) bond motifs is 2. The van der Waals surface area contributed by atoms with Crippen LogP contribution in [0, 0.1) is 0 Å². The van der Waals surface area contributed by atoms with E-state index >= 15 is 0 Å². The van der Waals surface area contributed by atoms with Crippen LogP contribution in [-0.2, 0) is 6.61 Å². The summed E-state index contributed by atoms with van der Waals surface area (Å²) in [5.41, 5.74) is 13.0. The van der Waals surface area contributed by atoms with Crippen molar-refractivity contribution in [3.8, 4) is 22.6 Å². The number of hydrogen-bond donors (Lipinski definition) is 5. The number of phenolic OH excluding ortho intramolecular Hbond substituents is 2. The molecular formula is C21H16N2O5. The Kier molecular flexibility index (Phi) is 3.83. The Morgan fingerprint density at radius 1 is 0.750 bits per heavy atom. The fraction of sp³-hybridized carbons (Fsp3) is 0.0476. The highest BCUT2D eigenvalue weighted by Crippen LogP contribution is 2.44. The molecule has 0 unspecified atom stereocenters. The van der Waals surface area contributed by atoms with E-state index < -0.39 is 17.3 Å². The zero-order chi connectivity index (χ0) is 20.2. The van der Waals surface area contributed by atoms with Crippen LogP contribution in [0.4, 0.5) is 11.4 Å². The molecule has 1 aliphatic carbocycles. The van der Waals surface area contributed by atoms with Crippen molar-refractivity contribution in [3.63, 3.8) is 0 Å². The Labute approximate surface area is 159 Å². The first-order valence-electron chi connectivity index (χ1n) is 8.41. The maximum atomic E-state index is 13.1. The quantitative estimate of drug-likeness (QED) is 0.266. The number of rotatable bonds is 2. The van der Waals surface area contributed by atoms with E-state index in [4.69, 9.17) is 11.5 Å². The molecule has 7 heteroatoms. The molecule has 28 heavy (non-hydrogen) atoms. The minimum atomic E-state index is -0.684. The molecule has 0 amide bonds. The van der Waals surface area contributed by atoms with Gasteiger partial charge in [-0.3, -0.25) is 9.59 Å². The number of ketones is 2. The number of nitrogens with two attached hydrogens (primary N) is 2. The molecule has 0 saturated heterocycles. The van der Waals surface area contributed by atoms with Crippen LogP contribution in [0.3, 0.4) is 0 Å². The second-order valence-electron chi connectivity index (χ2n) is 6.54. The third kappa shape index (κ3) is 2.34. The van der Waals surface area contributed by atoms with Crippen molar-refractivity contribution in [1.82, 2.24) is 0 Å². The van der Waals surface area contributed by atoms with Gasteiger partial charge in [-0.15, -0.1) is 0 Å². The Morgan fingerprint density at radius 2 is 1.36 bits per heavy atom. The fourth-order valence-corrected chi connectivity index (χ4v) is 3.51. The van der Waals surface area contributed by atoms with Crippen molar-refractivity contribution in [1.29, 1.82) is 0 Å². The number of aliphatic hydroxyl groups excluding tert-OH is 1. The third-order valence-electron chi connectivity index (χ3n) is 4.92. The highest BCUT2D eigenvalue weighted by molar-refractivity contribution is 6.33. The van der Waals surface area contributed by atoms with Gasteiger partial charge in [-0.1, -0.05) is 24.3 Å². The molecule has 3 aromatic rings. The fourth-order valence-electron chi connectivity index (χ4n) is 3.51. The van der Waals surface area contributed by atoms with E-state index in [0.29, 0.717) is 16.7 Å². The molecule has 0 atom stereocenters. The standard InChI is InChI=1S/C21H16N2O5/c22-12-5-6-13(25)16-15(12)20(27)17-14(26)7-11(19(23)18(17)21(16)28)10-3-1-9(8-24)2-4-10/h1-7,24-26H,8,22-23H2. The summed E-state index contributed by atoms with van der Waals surface area (Å²) in [6, 6.07) is 10.6. The number of phenols is 2. The lowest BCUT2D eigenvalue weighted by atomic mass is 9.80. The van der Waals surface area contributed by atoms with Crippen LogP contribution >= 0.6 is 0 Å². The van der Waals surface area contributed by atoms with Gasteiger partial charge in [-0.05, 0) is 29.3 Å². The molecule has 4 rings (SSSR count). The largest absolute Gasteiger partial charge is 0.507 e. The highest BCUT2D eigenvalue weighted by Gasteiger charge is 2.38.